The number of aryl methyl sites for hydroxylation is 1. The minimum atomic E-state index is -0.352. The van der Waals surface area contributed by atoms with E-state index in [-0.39, 0.29) is 18.4 Å². The molecule has 0 atom stereocenters. The van der Waals surface area contributed by atoms with Crippen LogP contribution in [0.3, 0.4) is 0 Å². The normalized spacial score (nSPS) is 10.2. The van der Waals surface area contributed by atoms with Crippen LogP contribution in [0.4, 0.5) is 11.5 Å². The molecule has 7 nitrogen and oxygen atoms in total. The lowest BCUT2D eigenvalue weighted by molar-refractivity contribution is -0.118. The van der Waals surface area contributed by atoms with Crippen LogP contribution in [0.1, 0.15) is 16.1 Å². The maximum atomic E-state index is 12.2. The van der Waals surface area contributed by atoms with Gasteiger partial charge in [0.2, 0.25) is 0 Å². The summed E-state index contributed by atoms with van der Waals surface area (Å²) in [6, 6.07) is 17.2. The van der Waals surface area contributed by atoms with Crippen molar-refractivity contribution >= 4 is 23.3 Å². The van der Waals surface area contributed by atoms with Gasteiger partial charge in [-0.15, -0.1) is 0 Å². The van der Waals surface area contributed by atoms with Gasteiger partial charge < -0.3 is 19.9 Å². The van der Waals surface area contributed by atoms with E-state index in [4.69, 9.17) is 9.26 Å². The first-order valence-electron chi connectivity index (χ1n) is 7.92. The van der Waals surface area contributed by atoms with Gasteiger partial charge >= 0.3 is 0 Å². The summed E-state index contributed by atoms with van der Waals surface area (Å²) in [7, 11) is 0. The number of benzene rings is 2. The number of rotatable bonds is 6. The molecule has 0 saturated heterocycles. The number of amides is 2. The Kier molecular flexibility index (Phi) is 5.28. The summed E-state index contributed by atoms with van der Waals surface area (Å²) in [6.45, 7) is 1.61. The molecule has 132 valence electrons. The summed E-state index contributed by atoms with van der Waals surface area (Å²) in [5.41, 5.74) is 0.878. The number of carbonyl (C=O) groups excluding carboxylic acids is 2. The quantitative estimate of drug-likeness (QED) is 0.711. The van der Waals surface area contributed by atoms with Crippen molar-refractivity contribution in [1.29, 1.82) is 0 Å². The minimum absolute atomic E-state index is 0.126. The van der Waals surface area contributed by atoms with Crippen LogP contribution in [-0.2, 0) is 4.79 Å². The molecule has 1 heterocycles. The molecule has 1 aromatic heterocycles. The first kappa shape index (κ1) is 17.2. The van der Waals surface area contributed by atoms with E-state index < -0.39 is 0 Å². The molecule has 0 aliphatic carbocycles. The third-order valence-corrected chi connectivity index (χ3v) is 3.39. The fourth-order valence-corrected chi connectivity index (χ4v) is 2.21. The molecule has 0 bridgehead atoms. The summed E-state index contributed by atoms with van der Waals surface area (Å²) in [5, 5.41) is 9.03. The molecule has 26 heavy (non-hydrogen) atoms. The van der Waals surface area contributed by atoms with Gasteiger partial charge in [0.1, 0.15) is 11.5 Å². The van der Waals surface area contributed by atoms with Gasteiger partial charge in [-0.05, 0) is 37.3 Å². The zero-order valence-corrected chi connectivity index (χ0v) is 14.1. The Morgan fingerprint density at radius 2 is 1.85 bits per heavy atom. The monoisotopic (exact) mass is 351 g/mol. The molecule has 0 saturated carbocycles. The van der Waals surface area contributed by atoms with Gasteiger partial charge in [-0.1, -0.05) is 29.4 Å². The number of ether oxygens (including phenoxy) is 1. The molecule has 3 rings (SSSR count). The van der Waals surface area contributed by atoms with Crippen LogP contribution in [0.25, 0.3) is 0 Å². The highest BCUT2D eigenvalue weighted by atomic mass is 16.5. The van der Waals surface area contributed by atoms with Crippen LogP contribution >= 0.6 is 0 Å². The predicted octanol–water partition coefficient (Wildman–Crippen LogP) is 3.25. The fourth-order valence-electron chi connectivity index (χ4n) is 2.21. The molecular formula is C19H17N3O4. The Hall–Kier alpha value is -3.61. The highest BCUT2D eigenvalue weighted by molar-refractivity contribution is 6.04. The Bertz CT molecular complexity index is 906. The molecule has 7 heteroatoms. The number of hydrogen-bond donors (Lipinski definition) is 2. The van der Waals surface area contributed by atoms with E-state index in [0.29, 0.717) is 28.6 Å². The van der Waals surface area contributed by atoms with Gasteiger partial charge in [0.15, 0.2) is 12.4 Å². The Balaban J connectivity index is 1.58. The number of carbonyl (C=O) groups is 2. The van der Waals surface area contributed by atoms with E-state index in [1.54, 1.807) is 49.4 Å². The van der Waals surface area contributed by atoms with E-state index in [2.05, 4.69) is 15.8 Å². The van der Waals surface area contributed by atoms with Gasteiger partial charge in [0, 0.05) is 17.3 Å². The van der Waals surface area contributed by atoms with Crippen LogP contribution in [0.5, 0.6) is 5.75 Å². The average molecular weight is 351 g/mol. The highest BCUT2D eigenvalue weighted by Gasteiger charge is 2.11. The number of aromatic nitrogens is 1. The smallest absolute Gasteiger partial charge is 0.262 e. The molecule has 0 aliphatic heterocycles. The largest absolute Gasteiger partial charge is 0.484 e. The Labute approximate surface area is 150 Å². The molecule has 0 spiro atoms. The summed E-state index contributed by atoms with van der Waals surface area (Å²) < 4.78 is 10.3. The first-order valence-corrected chi connectivity index (χ1v) is 7.92. The first-order chi connectivity index (χ1) is 12.6. The lowest BCUT2D eigenvalue weighted by Crippen LogP contribution is -2.20. The predicted molar refractivity (Wildman–Crippen MR) is 96.2 cm³/mol. The average Bonchev–Trinajstić information content (AvgIpc) is 3.06. The third-order valence-electron chi connectivity index (χ3n) is 3.39. The SMILES string of the molecule is Cc1cc(NC(=O)c2cccc(NC(=O)COc3ccccc3)c2)no1. The maximum absolute atomic E-state index is 12.2. The fraction of sp³-hybridized carbons (Fsp3) is 0.105. The molecule has 3 aromatic rings. The Morgan fingerprint density at radius 1 is 1.04 bits per heavy atom. The van der Waals surface area contributed by atoms with Gasteiger partial charge in [-0.2, -0.15) is 0 Å². The number of hydrogen-bond acceptors (Lipinski definition) is 5. The standard InChI is InChI=1S/C19H17N3O4/c1-13-10-17(22-26-13)21-19(24)14-6-5-7-15(11-14)20-18(23)12-25-16-8-3-2-4-9-16/h2-11H,12H2,1H3,(H,20,23)(H,21,22,24). The van der Waals surface area contributed by atoms with E-state index in [1.807, 2.05) is 18.2 Å². The molecular weight excluding hydrogens is 334 g/mol. The van der Waals surface area contributed by atoms with E-state index in [0.717, 1.165) is 0 Å². The summed E-state index contributed by atoms with van der Waals surface area (Å²) in [6.07, 6.45) is 0. The van der Waals surface area contributed by atoms with Crippen molar-refractivity contribution in [2.75, 3.05) is 17.2 Å². The van der Waals surface area contributed by atoms with Crippen molar-refractivity contribution in [1.82, 2.24) is 5.16 Å². The second kappa shape index (κ2) is 7.98. The van der Waals surface area contributed by atoms with Gasteiger partial charge in [0.05, 0.1) is 0 Å². The summed E-state index contributed by atoms with van der Waals surface area (Å²) in [5.74, 6) is 0.866. The molecule has 0 aliphatic rings. The number of nitrogens with zero attached hydrogens (tertiary/aromatic N) is 1. The molecule has 2 aromatic carbocycles. The lowest BCUT2D eigenvalue weighted by atomic mass is 10.2. The molecule has 2 N–H and O–H groups in total. The van der Waals surface area contributed by atoms with Gasteiger partial charge in [-0.25, -0.2) is 0 Å². The zero-order valence-electron chi connectivity index (χ0n) is 14.1. The Morgan fingerprint density at radius 3 is 2.58 bits per heavy atom. The van der Waals surface area contributed by atoms with Crippen molar-refractivity contribution in [2.45, 2.75) is 6.92 Å². The number of nitrogens with one attached hydrogen (secondary N) is 2. The van der Waals surface area contributed by atoms with Crippen LogP contribution in [0, 0.1) is 6.92 Å². The second-order valence-corrected chi connectivity index (χ2v) is 5.51. The van der Waals surface area contributed by atoms with Crippen molar-refractivity contribution in [3.05, 3.63) is 72.0 Å². The van der Waals surface area contributed by atoms with Crippen molar-refractivity contribution in [3.8, 4) is 5.75 Å². The van der Waals surface area contributed by atoms with Gasteiger partial charge in [-0.3, -0.25) is 9.59 Å². The zero-order chi connectivity index (χ0) is 18.4. The lowest BCUT2D eigenvalue weighted by Gasteiger charge is -2.08. The minimum Gasteiger partial charge on any atom is -0.484 e. The van der Waals surface area contributed by atoms with Crippen molar-refractivity contribution < 1.29 is 18.8 Å². The molecule has 0 fully saturated rings. The van der Waals surface area contributed by atoms with Crippen LogP contribution < -0.4 is 15.4 Å². The van der Waals surface area contributed by atoms with E-state index >= 15 is 0 Å². The van der Waals surface area contributed by atoms with Gasteiger partial charge in [0.25, 0.3) is 11.8 Å². The molecule has 0 radical (unpaired) electrons. The maximum Gasteiger partial charge on any atom is 0.262 e. The topological polar surface area (TPSA) is 93.5 Å². The van der Waals surface area contributed by atoms with Crippen LogP contribution in [0.2, 0.25) is 0 Å². The van der Waals surface area contributed by atoms with E-state index in [1.165, 1.54) is 0 Å². The summed E-state index contributed by atoms with van der Waals surface area (Å²) in [4.78, 5) is 24.2. The summed E-state index contributed by atoms with van der Waals surface area (Å²) >= 11 is 0. The molecule has 2 amide bonds. The van der Waals surface area contributed by atoms with Crippen LogP contribution in [0.15, 0.2) is 65.2 Å². The van der Waals surface area contributed by atoms with Crippen molar-refractivity contribution in [2.24, 2.45) is 0 Å². The number of anilines is 2. The molecule has 0 unspecified atom stereocenters. The van der Waals surface area contributed by atoms with Crippen LogP contribution in [-0.4, -0.2) is 23.6 Å². The second-order valence-electron chi connectivity index (χ2n) is 5.51. The van der Waals surface area contributed by atoms with Crippen molar-refractivity contribution in [3.63, 3.8) is 0 Å². The highest BCUT2D eigenvalue weighted by Crippen LogP contribution is 2.14. The van der Waals surface area contributed by atoms with E-state index in [9.17, 15) is 9.59 Å². The number of para-hydroxylation sites is 1. The third kappa shape index (κ3) is 4.70.